The molecular formula is C13H27N. The van der Waals surface area contributed by atoms with Crippen LogP contribution < -0.4 is 5.73 Å². The van der Waals surface area contributed by atoms with Gasteiger partial charge in [0.05, 0.1) is 0 Å². The van der Waals surface area contributed by atoms with Gasteiger partial charge in [-0.3, -0.25) is 0 Å². The quantitative estimate of drug-likeness (QED) is 0.685. The van der Waals surface area contributed by atoms with Crippen molar-refractivity contribution in [3.63, 3.8) is 0 Å². The summed E-state index contributed by atoms with van der Waals surface area (Å²) in [5.74, 6) is 2.62. The van der Waals surface area contributed by atoms with Crippen LogP contribution in [0.4, 0.5) is 0 Å². The highest BCUT2D eigenvalue weighted by Crippen LogP contribution is 2.32. The van der Waals surface area contributed by atoms with Gasteiger partial charge in [0.25, 0.3) is 0 Å². The van der Waals surface area contributed by atoms with E-state index in [9.17, 15) is 0 Å². The summed E-state index contributed by atoms with van der Waals surface area (Å²) in [5.41, 5.74) is 5.87. The van der Waals surface area contributed by atoms with Crippen molar-refractivity contribution >= 4 is 0 Å². The summed E-state index contributed by atoms with van der Waals surface area (Å²) in [5, 5.41) is 0. The standard InChI is InChI=1S/C13H27N/c1-11(2)8-9-12-6-4-3-5-7-13(12)10-14/h11-13H,3-10,14H2,1-2H3. The molecule has 2 atom stereocenters. The molecule has 0 aromatic carbocycles. The van der Waals surface area contributed by atoms with Crippen molar-refractivity contribution in [3.05, 3.63) is 0 Å². The van der Waals surface area contributed by atoms with Gasteiger partial charge in [0.1, 0.15) is 0 Å². The first kappa shape index (κ1) is 12.0. The van der Waals surface area contributed by atoms with Crippen LogP contribution in [-0.2, 0) is 0 Å². The molecule has 1 nitrogen and oxygen atoms in total. The van der Waals surface area contributed by atoms with E-state index in [0.717, 1.165) is 24.3 Å². The highest BCUT2D eigenvalue weighted by Gasteiger charge is 2.22. The predicted molar refractivity (Wildman–Crippen MR) is 63.2 cm³/mol. The number of nitrogens with two attached hydrogens (primary N) is 1. The second kappa shape index (κ2) is 6.44. The van der Waals surface area contributed by atoms with Gasteiger partial charge in [-0.15, -0.1) is 0 Å². The van der Waals surface area contributed by atoms with Gasteiger partial charge >= 0.3 is 0 Å². The second-order valence-corrected chi connectivity index (χ2v) is 5.37. The molecule has 1 fully saturated rings. The zero-order valence-corrected chi connectivity index (χ0v) is 9.97. The SMILES string of the molecule is CC(C)CCC1CCCCCC1CN. The Morgan fingerprint density at radius 1 is 1.07 bits per heavy atom. The Labute approximate surface area is 89.5 Å². The minimum Gasteiger partial charge on any atom is -0.330 e. The van der Waals surface area contributed by atoms with Crippen LogP contribution in [-0.4, -0.2) is 6.54 Å². The molecular weight excluding hydrogens is 170 g/mol. The van der Waals surface area contributed by atoms with E-state index in [1.54, 1.807) is 0 Å². The second-order valence-electron chi connectivity index (χ2n) is 5.37. The van der Waals surface area contributed by atoms with Crippen molar-refractivity contribution in [1.29, 1.82) is 0 Å². The van der Waals surface area contributed by atoms with Crippen molar-refractivity contribution in [1.82, 2.24) is 0 Å². The first-order valence-electron chi connectivity index (χ1n) is 6.44. The van der Waals surface area contributed by atoms with Crippen molar-refractivity contribution in [3.8, 4) is 0 Å². The number of rotatable bonds is 4. The summed E-state index contributed by atoms with van der Waals surface area (Å²) in [4.78, 5) is 0. The Hall–Kier alpha value is -0.0400. The third kappa shape index (κ3) is 4.00. The van der Waals surface area contributed by atoms with Gasteiger partial charge in [0.15, 0.2) is 0 Å². The highest BCUT2D eigenvalue weighted by molar-refractivity contribution is 4.75. The van der Waals surface area contributed by atoms with E-state index in [2.05, 4.69) is 13.8 Å². The number of hydrogen-bond acceptors (Lipinski definition) is 1. The van der Waals surface area contributed by atoms with Gasteiger partial charge in [0.2, 0.25) is 0 Å². The van der Waals surface area contributed by atoms with Crippen LogP contribution in [0.2, 0.25) is 0 Å². The molecule has 14 heavy (non-hydrogen) atoms. The Balaban J connectivity index is 2.36. The minimum absolute atomic E-state index is 0.830. The highest BCUT2D eigenvalue weighted by atomic mass is 14.6. The van der Waals surface area contributed by atoms with Crippen LogP contribution in [0.25, 0.3) is 0 Å². The van der Waals surface area contributed by atoms with Crippen LogP contribution in [0.3, 0.4) is 0 Å². The first-order valence-corrected chi connectivity index (χ1v) is 6.44. The van der Waals surface area contributed by atoms with E-state index in [4.69, 9.17) is 5.73 Å². The Morgan fingerprint density at radius 2 is 1.71 bits per heavy atom. The lowest BCUT2D eigenvalue weighted by Crippen LogP contribution is -2.22. The zero-order valence-electron chi connectivity index (χ0n) is 9.97. The molecule has 0 bridgehead atoms. The Morgan fingerprint density at radius 3 is 2.29 bits per heavy atom. The lowest BCUT2D eigenvalue weighted by Gasteiger charge is -2.24. The summed E-state index contributed by atoms with van der Waals surface area (Å²) in [6.07, 6.45) is 9.93. The van der Waals surface area contributed by atoms with Crippen molar-refractivity contribution in [2.45, 2.75) is 58.8 Å². The van der Waals surface area contributed by atoms with E-state index in [1.165, 1.54) is 44.9 Å². The maximum atomic E-state index is 5.87. The van der Waals surface area contributed by atoms with Gasteiger partial charge in [-0.25, -0.2) is 0 Å². The summed E-state index contributed by atoms with van der Waals surface area (Å²) >= 11 is 0. The molecule has 1 saturated carbocycles. The average molecular weight is 197 g/mol. The lowest BCUT2D eigenvalue weighted by atomic mass is 9.83. The smallest absolute Gasteiger partial charge is 0.00462 e. The summed E-state index contributed by atoms with van der Waals surface area (Å²) in [7, 11) is 0. The molecule has 0 spiro atoms. The fraction of sp³-hybridized carbons (Fsp3) is 1.00. The van der Waals surface area contributed by atoms with E-state index in [1.807, 2.05) is 0 Å². The van der Waals surface area contributed by atoms with Gasteiger partial charge in [-0.1, -0.05) is 46.0 Å². The molecule has 0 aromatic heterocycles. The summed E-state index contributed by atoms with van der Waals surface area (Å²) in [6, 6.07) is 0. The van der Waals surface area contributed by atoms with Crippen LogP contribution in [0, 0.1) is 17.8 Å². The minimum atomic E-state index is 0.830. The van der Waals surface area contributed by atoms with E-state index in [0.29, 0.717) is 0 Å². The summed E-state index contributed by atoms with van der Waals surface area (Å²) in [6.45, 7) is 5.57. The zero-order chi connectivity index (χ0) is 10.4. The molecule has 0 heterocycles. The van der Waals surface area contributed by atoms with E-state index < -0.39 is 0 Å². The molecule has 0 radical (unpaired) electrons. The maximum Gasteiger partial charge on any atom is -0.00462 e. The molecule has 1 rings (SSSR count). The van der Waals surface area contributed by atoms with Crippen LogP contribution in [0.15, 0.2) is 0 Å². The predicted octanol–water partition coefficient (Wildman–Crippen LogP) is 3.58. The van der Waals surface area contributed by atoms with Crippen molar-refractivity contribution < 1.29 is 0 Å². The van der Waals surface area contributed by atoms with E-state index >= 15 is 0 Å². The normalized spacial score (nSPS) is 29.1. The molecule has 0 aromatic rings. The molecule has 2 unspecified atom stereocenters. The van der Waals surface area contributed by atoms with Crippen molar-refractivity contribution in [2.24, 2.45) is 23.5 Å². The third-order valence-corrected chi connectivity index (χ3v) is 3.73. The van der Waals surface area contributed by atoms with Gasteiger partial charge in [0, 0.05) is 0 Å². The van der Waals surface area contributed by atoms with Gasteiger partial charge in [-0.2, -0.15) is 0 Å². The Bertz CT molecular complexity index is 142. The Kier molecular flexibility index (Phi) is 5.54. The van der Waals surface area contributed by atoms with Crippen LogP contribution in [0.5, 0.6) is 0 Å². The monoisotopic (exact) mass is 197 g/mol. The maximum absolute atomic E-state index is 5.87. The molecule has 2 N–H and O–H groups in total. The van der Waals surface area contributed by atoms with Gasteiger partial charge in [-0.05, 0) is 37.1 Å². The summed E-state index contributed by atoms with van der Waals surface area (Å²) < 4.78 is 0. The fourth-order valence-electron chi connectivity index (χ4n) is 2.70. The van der Waals surface area contributed by atoms with Crippen molar-refractivity contribution in [2.75, 3.05) is 6.54 Å². The van der Waals surface area contributed by atoms with E-state index in [-0.39, 0.29) is 0 Å². The fourth-order valence-corrected chi connectivity index (χ4v) is 2.70. The largest absolute Gasteiger partial charge is 0.330 e. The molecule has 84 valence electrons. The molecule has 1 heteroatoms. The molecule has 1 aliphatic rings. The average Bonchev–Trinajstić information content (AvgIpc) is 2.38. The molecule has 0 amide bonds. The third-order valence-electron chi connectivity index (χ3n) is 3.73. The van der Waals surface area contributed by atoms with Gasteiger partial charge < -0.3 is 5.73 Å². The first-order chi connectivity index (χ1) is 6.74. The molecule has 0 saturated heterocycles. The molecule has 1 aliphatic carbocycles. The van der Waals surface area contributed by atoms with Crippen LogP contribution >= 0.6 is 0 Å². The topological polar surface area (TPSA) is 26.0 Å². The van der Waals surface area contributed by atoms with Crippen LogP contribution in [0.1, 0.15) is 58.8 Å². The lowest BCUT2D eigenvalue weighted by molar-refractivity contribution is 0.283. The molecule has 0 aliphatic heterocycles. The number of hydrogen-bond donors (Lipinski definition) is 1.